The number of rotatable bonds is 4. The van der Waals surface area contributed by atoms with Crippen LogP contribution in [0.25, 0.3) is 0 Å². The van der Waals surface area contributed by atoms with Gasteiger partial charge in [-0.3, -0.25) is 0 Å². The number of nitrogens with two attached hydrogens (primary N) is 1. The van der Waals surface area contributed by atoms with Crippen LogP contribution in [0.1, 0.15) is 18.4 Å². The maximum atomic E-state index is 12.1. The second kappa shape index (κ2) is 4.16. The van der Waals surface area contributed by atoms with Crippen LogP contribution in [0.15, 0.2) is 29.2 Å². The van der Waals surface area contributed by atoms with Gasteiger partial charge in [0.25, 0.3) is 0 Å². The summed E-state index contributed by atoms with van der Waals surface area (Å²) >= 11 is 0. The molecule has 0 heterocycles. The molecule has 16 heavy (non-hydrogen) atoms. The minimum Gasteiger partial charge on any atom is -0.326 e. The summed E-state index contributed by atoms with van der Waals surface area (Å²) in [6.07, 6.45) is 1.94. The van der Waals surface area contributed by atoms with Crippen LogP contribution >= 0.6 is 0 Å². The molecule has 1 aromatic carbocycles. The molecule has 1 saturated carbocycles. The zero-order valence-corrected chi connectivity index (χ0v) is 10.1. The van der Waals surface area contributed by atoms with E-state index in [1.54, 1.807) is 31.3 Å². The monoisotopic (exact) mass is 240 g/mol. The molecular formula is C11H16N2O2S. The lowest BCUT2D eigenvalue weighted by Gasteiger charge is -2.16. The lowest BCUT2D eigenvalue weighted by atomic mass is 10.2. The standard InChI is InChI=1S/C11H16N2O2S/c1-13(10-4-5-10)16(14,15)11-6-2-9(8-12)3-7-11/h2-3,6-7,10H,4-5,8,12H2,1H3. The summed E-state index contributed by atoms with van der Waals surface area (Å²) in [4.78, 5) is 0.346. The Morgan fingerprint density at radius 3 is 2.31 bits per heavy atom. The molecule has 88 valence electrons. The third-order valence-corrected chi connectivity index (χ3v) is 4.82. The van der Waals surface area contributed by atoms with Gasteiger partial charge in [0, 0.05) is 19.6 Å². The van der Waals surface area contributed by atoms with Gasteiger partial charge in [0.2, 0.25) is 10.0 Å². The Labute approximate surface area is 96.1 Å². The molecule has 0 bridgehead atoms. The topological polar surface area (TPSA) is 63.4 Å². The molecular weight excluding hydrogens is 224 g/mol. The number of hydrogen-bond donors (Lipinski definition) is 1. The maximum absolute atomic E-state index is 12.1. The third kappa shape index (κ3) is 2.11. The Hall–Kier alpha value is -0.910. The van der Waals surface area contributed by atoms with E-state index in [-0.39, 0.29) is 6.04 Å². The summed E-state index contributed by atoms with van der Waals surface area (Å²) in [6, 6.07) is 6.95. The molecule has 0 spiro atoms. The second-order valence-electron chi connectivity index (χ2n) is 4.10. The molecule has 0 radical (unpaired) electrons. The van der Waals surface area contributed by atoms with Gasteiger partial charge in [0.1, 0.15) is 0 Å². The molecule has 5 heteroatoms. The Morgan fingerprint density at radius 2 is 1.88 bits per heavy atom. The van der Waals surface area contributed by atoms with Crippen LogP contribution in [-0.4, -0.2) is 25.8 Å². The number of nitrogens with zero attached hydrogens (tertiary/aromatic N) is 1. The molecule has 1 aromatic rings. The molecule has 1 aliphatic rings. The highest BCUT2D eigenvalue weighted by Crippen LogP contribution is 2.30. The molecule has 0 unspecified atom stereocenters. The van der Waals surface area contributed by atoms with Crippen molar-refractivity contribution in [2.45, 2.75) is 30.3 Å². The molecule has 0 amide bonds. The van der Waals surface area contributed by atoms with Crippen LogP contribution < -0.4 is 5.73 Å². The molecule has 0 aliphatic heterocycles. The maximum Gasteiger partial charge on any atom is 0.243 e. The van der Waals surface area contributed by atoms with E-state index in [1.807, 2.05) is 0 Å². The van der Waals surface area contributed by atoms with Crippen molar-refractivity contribution >= 4 is 10.0 Å². The van der Waals surface area contributed by atoms with Gasteiger partial charge in [-0.15, -0.1) is 0 Å². The average Bonchev–Trinajstić information content (AvgIpc) is 3.12. The fraction of sp³-hybridized carbons (Fsp3) is 0.455. The van der Waals surface area contributed by atoms with Crippen LogP contribution in [-0.2, 0) is 16.6 Å². The van der Waals surface area contributed by atoms with Gasteiger partial charge in [-0.1, -0.05) is 12.1 Å². The fourth-order valence-corrected chi connectivity index (χ4v) is 3.01. The third-order valence-electron chi connectivity index (χ3n) is 2.90. The van der Waals surface area contributed by atoms with E-state index in [0.717, 1.165) is 18.4 Å². The Kier molecular flexibility index (Phi) is 3.01. The molecule has 0 atom stereocenters. The normalized spacial score (nSPS) is 16.7. The predicted molar refractivity (Wildman–Crippen MR) is 62.3 cm³/mol. The van der Waals surface area contributed by atoms with E-state index in [1.165, 1.54) is 4.31 Å². The first kappa shape index (κ1) is 11.6. The quantitative estimate of drug-likeness (QED) is 0.851. The molecule has 4 nitrogen and oxygen atoms in total. The highest BCUT2D eigenvalue weighted by Gasteiger charge is 2.34. The molecule has 0 aromatic heterocycles. The first-order valence-corrected chi connectivity index (χ1v) is 6.77. The van der Waals surface area contributed by atoms with E-state index in [9.17, 15) is 8.42 Å². The van der Waals surface area contributed by atoms with E-state index < -0.39 is 10.0 Å². The van der Waals surface area contributed by atoms with Gasteiger partial charge in [-0.2, -0.15) is 4.31 Å². The van der Waals surface area contributed by atoms with Crippen molar-refractivity contribution in [1.82, 2.24) is 4.31 Å². The van der Waals surface area contributed by atoms with Crippen molar-refractivity contribution < 1.29 is 8.42 Å². The van der Waals surface area contributed by atoms with Gasteiger partial charge in [0.15, 0.2) is 0 Å². The fourth-order valence-electron chi connectivity index (χ4n) is 1.60. The summed E-state index contributed by atoms with van der Waals surface area (Å²) < 4.78 is 25.7. The largest absolute Gasteiger partial charge is 0.326 e. The van der Waals surface area contributed by atoms with Crippen molar-refractivity contribution in [1.29, 1.82) is 0 Å². The molecule has 2 N–H and O–H groups in total. The minimum atomic E-state index is -3.31. The number of sulfonamides is 1. The number of hydrogen-bond acceptors (Lipinski definition) is 3. The second-order valence-corrected chi connectivity index (χ2v) is 6.10. The smallest absolute Gasteiger partial charge is 0.243 e. The van der Waals surface area contributed by atoms with Crippen molar-refractivity contribution in [2.75, 3.05) is 7.05 Å². The summed E-state index contributed by atoms with van der Waals surface area (Å²) in [5, 5.41) is 0. The van der Waals surface area contributed by atoms with E-state index >= 15 is 0 Å². The van der Waals surface area contributed by atoms with Gasteiger partial charge < -0.3 is 5.73 Å². The van der Waals surface area contributed by atoms with Crippen molar-refractivity contribution in [3.63, 3.8) is 0 Å². The number of benzene rings is 1. The highest BCUT2D eigenvalue weighted by molar-refractivity contribution is 7.89. The van der Waals surface area contributed by atoms with Gasteiger partial charge in [0.05, 0.1) is 4.90 Å². The van der Waals surface area contributed by atoms with Crippen LogP contribution in [0.3, 0.4) is 0 Å². The van der Waals surface area contributed by atoms with E-state index in [2.05, 4.69) is 0 Å². The molecule has 0 saturated heterocycles. The summed E-state index contributed by atoms with van der Waals surface area (Å²) in [7, 11) is -1.67. The summed E-state index contributed by atoms with van der Waals surface area (Å²) in [5.74, 6) is 0. The zero-order chi connectivity index (χ0) is 11.8. The molecule has 2 rings (SSSR count). The van der Waals surface area contributed by atoms with Crippen molar-refractivity contribution in [3.05, 3.63) is 29.8 Å². The zero-order valence-electron chi connectivity index (χ0n) is 9.26. The first-order chi connectivity index (χ1) is 7.55. The van der Waals surface area contributed by atoms with Crippen molar-refractivity contribution in [2.24, 2.45) is 5.73 Å². The van der Waals surface area contributed by atoms with Crippen LogP contribution in [0, 0.1) is 0 Å². The van der Waals surface area contributed by atoms with Crippen LogP contribution in [0.4, 0.5) is 0 Å². The molecule has 1 fully saturated rings. The Balaban J connectivity index is 2.27. The van der Waals surface area contributed by atoms with Gasteiger partial charge >= 0.3 is 0 Å². The van der Waals surface area contributed by atoms with Gasteiger partial charge in [-0.25, -0.2) is 8.42 Å². The molecule has 1 aliphatic carbocycles. The van der Waals surface area contributed by atoms with Crippen LogP contribution in [0.2, 0.25) is 0 Å². The Morgan fingerprint density at radius 1 is 1.31 bits per heavy atom. The van der Waals surface area contributed by atoms with Gasteiger partial charge in [-0.05, 0) is 30.5 Å². The Bertz CT molecular complexity index is 463. The van der Waals surface area contributed by atoms with Crippen molar-refractivity contribution in [3.8, 4) is 0 Å². The average molecular weight is 240 g/mol. The first-order valence-electron chi connectivity index (χ1n) is 5.33. The lowest BCUT2D eigenvalue weighted by Crippen LogP contribution is -2.28. The summed E-state index contributed by atoms with van der Waals surface area (Å²) in [5.41, 5.74) is 6.41. The predicted octanol–water partition coefficient (Wildman–Crippen LogP) is 0.928. The van der Waals surface area contributed by atoms with Crippen LogP contribution in [0.5, 0.6) is 0 Å². The van der Waals surface area contributed by atoms with E-state index in [0.29, 0.717) is 11.4 Å². The SMILES string of the molecule is CN(C1CC1)S(=O)(=O)c1ccc(CN)cc1. The summed E-state index contributed by atoms with van der Waals surface area (Å²) in [6.45, 7) is 0.429. The minimum absolute atomic E-state index is 0.194. The highest BCUT2D eigenvalue weighted by atomic mass is 32.2. The van der Waals surface area contributed by atoms with E-state index in [4.69, 9.17) is 5.73 Å². The lowest BCUT2D eigenvalue weighted by molar-refractivity contribution is 0.464.